The van der Waals surface area contributed by atoms with Crippen LogP contribution in [0.2, 0.25) is 0 Å². The van der Waals surface area contributed by atoms with Gasteiger partial charge in [-0.05, 0) is 0 Å². The maximum Gasteiger partial charge on any atom is 0.137 e. The van der Waals surface area contributed by atoms with Crippen LogP contribution in [0.15, 0.2) is 0 Å². The van der Waals surface area contributed by atoms with Crippen molar-refractivity contribution in [2.24, 2.45) is 0 Å². The molecule has 2 aliphatic heterocycles. The molecule has 0 radical (unpaired) electrons. The number of fused-ring (bicyclic) bond motifs is 1. The van der Waals surface area contributed by atoms with Crippen LogP contribution < -0.4 is 0 Å². The number of hydrazine groups is 1. The van der Waals surface area contributed by atoms with Crippen LogP contribution in [0, 0.1) is 0 Å². The number of rotatable bonds is 0. The third kappa shape index (κ3) is 0.609. The largest absolute Gasteiger partial charge is 0.226 e. The van der Waals surface area contributed by atoms with E-state index in [1.54, 1.807) is 0 Å². The Balaban J connectivity index is 2.07. The molecular weight excluding hydrogens is 133 g/mol. The molecule has 0 N–H and O–H groups in total. The highest BCUT2D eigenvalue weighted by Crippen LogP contribution is 2.62. The Hall–Kier alpha value is 0.310. The van der Waals surface area contributed by atoms with Gasteiger partial charge in [0.05, 0.1) is 20.4 Å². The summed E-state index contributed by atoms with van der Waals surface area (Å²) in [5.74, 6) is 0. The highest BCUT2D eigenvalue weighted by Gasteiger charge is 2.57. The first kappa shape index (κ1) is 6.05. The lowest BCUT2D eigenvalue weighted by Gasteiger charge is -2.63. The molecule has 4 heteroatoms. The van der Waals surface area contributed by atoms with E-state index in [-0.39, 0.29) is 0 Å². The van der Waals surface area contributed by atoms with Gasteiger partial charge in [-0.2, -0.15) is 5.01 Å². The summed E-state index contributed by atoms with van der Waals surface area (Å²) in [6.07, 6.45) is 2.72. The Morgan fingerprint density at radius 2 is 2.11 bits per heavy atom. The molecule has 3 nitrogen and oxygen atoms in total. The first-order valence-corrected chi connectivity index (χ1v) is 4.87. The first-order valence-electron chi connectivity index (χ1n) is 3.21. The SMILES string of the molecule is CN1CP2C[N+](C)(C)N12. The Labute approximate surface area is 57.2 Å². The molecule has 9 heavy (non-hydrogen) atoms. The van der Waals surface area contributed by atoms with Crippen LogP contribution in [-0.2, 0) is 0 Å². The number of quaternary nitrogens is 1. The van der Waals surface area contributed by atoms with E-state index in [1.165, 1.54) is 12.6 Å². The number of hydrogen-bond acceptors (Lipinski definition) is 2. The van der Waals surface area contributed by atoms with Gasteiger partial charge in [-0.3, -0.25) is 0 Å². The minimum Gasteiger partial charge on any atom is -0.226 e. The third-order valence-corrected chi connectivity index (χ3v) is 4.97. The molecule has 0 amide bonds. The zero-order valence-corrected chi connectivity index (χ0v) is 7.10. The third-order valence-electron chi connectivity index (χ3n) is 1.92. The minimum absolute atomic E-state index is 0.306. The molecule has 0 bridgehead atoms. The second-order valence-corrected chi connectivity index (χ2v) is 5.27. The van der Waals surface area contributed by atoms with Crippen LogP contribution in [0.1, 0.15) is 0 Å². The van der Waals surface area contributed by atoms with Gasteiger partial charge >= 0.3 is 0 Å². The normalized spacial score (nSPS) is 41.0. The highest BCUT2D eigenvalue weighted by atomic mass is 31.1. The van der Waals surface area contributed by atoms with Gasteiger partial charge in [-0.15, -0.1) is 0 Å². The van der Waals surface area contributed by atoms with Gasteiger partial charge in [0, 0.05) is 7.05 Å². The van der Waals surface area contributed by atoms with Crippen molar-refractivity contribution in [1.82, 2.24) is 9.90 Å². The number of hydrogen-bond donors (Lipinski definition) is 0. The van der Waals surface area contributed by atoms with Crippen LogP contribution in [0.3, 0.4) is 0 Å². The Morgan fingerprint density at radius 3 is 2.33 bits per heavy atom. The summed E-state index contributed by atoms with van der Waals surface area (Å²) in [5, 5.41) is 2.31. The fourth-order valence-corrected chi connectivity index (χ4v) is 4.41. The van der Waals surface area contributed by atoms with Crippen LogP contribution in [0.25, 0.3) is 0 Å². The topological polar surface area (TPSA) is 6.48 Å². The molecule has 0 aromatic heterocycles. The molecule has 1 unspecified atom stereocenters. The fraction of sp³-hybridized carbons (Fsp3) is 1.00. The van der Waals surface area contributed by atoms with Gasteiger partial charge in [0.2, 0.25) is 0 Å². The maximum absolute atomic E-state index is 2.47. The summed E-state index contributed by atoms with van der Waals surface area (Å²) in [6, 6.07) is 0. The molecular formula is C5H13N3P+. The van der Waals surface area contributed by atoms with E-state index in [0.29, 0.717) is 8.07 Å². The van der Waals surface area contributed by atoms with Gasteiger partial charge < -0.3 is 0 Å². The summed E-state index contributed by atoms with van der Waals surface area (Å²) in [5.41, 5.74) is 0. The van der Waals surface area contributed by atoms with Crippen molar-refractivity contribution in [2.75, 3.05) is 33.7 Å². The van der Waals surface area contributed by atoms with Crippen LogP contribution >= 0.6 is 8.07 Å². The van der Waals surface area contributed by atoms with Crippen molar-refractivity contribution in [3.63, 3.8) is 0 Å². The summed E-state index contributed by atoms with van der Waals surface area (Å²) in [6.45, 7) is 0. The average molecular weight is 146 g/mol. The molecule has 2 saturated heterocycles. The average Bonchev–Trinajstić information content (AvgIpc) is 1.60. The second kappa shape index (κ2) is 1.48. The maximum atomic E-state index is 2.47. The van der Waals surface area contributed by atoms with Crippen LogP contribution in [0.4, 0.5) is 0 Å². The molecule has 0 saturated carbocycles. The Morgan fingerprint density at radius 1 is 1.44 bits per heavy atom. The van der Waals surface area contributed by atoms with Crippen molar-refractivity contribution in [2.45, 2.75) is 0 Å². The zero-order valence-electron chi connectivity index (χ0n) is 6.20. The molecule has 2 rings (SSSR count). The van der Waals surface area contributed by atoms with E-state index in [2.05, 4.69) is 31.0 Å². The van der Waals surface area contributed by atoms with Crippen molar-refractivity contribution in [3.8, 4) is 0 Å². The van der Waals surface area contributed by atoms with Gasteiger partial charge in [0.25, 0.3) is 0 Å². The van der Waals surface area contributed by atoms with E-state index in [1.807, 2.05) is 0 Å². The smallest absolute Gasteiger partial charge is 0.137 e. The van der Waals surface area contributed by atoms with Gasteiger partial charge in [0.15, 0.2) is 0 Å². The highest BCUT2D eigenvalue weighted by molar-refractivity contribution is 7.56. The molecule has 0 aliphatic carbocycles. The van der Waals surface area contributed by atoms with Gasteiger partial charge in [-0.25, -0.2) is 4.59 Å². The van der Waals surface area contributed by atoms with E-state index in [9.17, 15) is 0 Å². The molecule has 0 spiro atoms. The quantitative estimate of drug-likeness (QED) is 0.362. The lowest BCUT2D eigenvalue weighted by Crippen LogP contribution is -2.73. The van der Waals surface area contributed by atoms with Gasteiger partial charge in [0.1, 0.15) is 14.4 Å². The van der Waals surface area contributed by atoms with Gasteiger partial charge in [-0.1, -0.05) is 4.89 Å². The van der Waals surface area contributed by atoms with Crippen molar-refractivity contribution < 1.29 is 4.59 Å². The molecule has 0 aromatic rings. The van der Waals surface area contributed by atoms with E-state index in [4.69, 9.17) is 0 Å². The predicted molar refractivity (Wildman–Crippen MR) is 38.4 cm³/mol. The molecule has 2 fully saturated rings. The van der Waals surface area contributed by atoms with Crippen LogP contribution in [-0.4, -0.2) is 48.2 Å². The van der Waals surface area contributed by atoms with E-state index < -0.39 is 0 Å². The zero-order chi connectivity index (χ0) is 6.65. The molecule has 2 heterocycles. The first-order chi connectivity index (χ1) is 4.11. The predicted octanol–water partition coefficient (Wildman–Crippen LogP) is 0.466. The molecule has 2 aliphatic rings. The monoisotopic (exact) mass is 146 g/mol. The van der Waals surface area contributed by atoms with Crippen molar-refractivity contribution in [3.05, 3.63) is 0 Å². The second-order valence-electron chi connectivity index (χ2n) is 3.34. The van der Waals surface area contributed by atoms with E-state index in [0.717, 1.165) is 4.59 Å². The molecule has 1 atom stereocenters. The summed E-state index contributed by atoms with van der Waals surface area (Å²) < 4.78 is 1.09. The fourth-order valence-electron chi connectivity index (χ4n) is 1.75. The van der Waals surface area contributed by atoms with Crippen LogP contribution in [0.5, 0.6) is 0 Å². The molecule has 52 valence electrons. The Bertz CT molecular complexity index is 143. The van der Waals surface area contributed by atoms with E-state index >= 15 is 0 Å². The lowest BCUT2D eigenvalue weighted by atomic mass is 10.9. The standard InChI is InChI=1S/C5H13N3P/c1-6-4-9-5-8(2,3)7(6)9/h4-5H2,1-3H3/q+1. The van der Waals surface area contributed by atoms with Crippen molar-refractivity contribution in [1.29, 1.82) is 0 Å². The lowest BCUT2D eigenvalue weighted by molar-refractivity contribution is -1.02. The Kier molecular flexibility index (Phi) is 0.996. The summed E-state index contributed by atoms with van der Waals surface area (Å²) in [4.78, 5) is 2.47. The summed E-state index contributed by atoms with van der Waals surface area (Å²) in [7, 11) is 6.99. The van der Waals surface area contributed by atoms with Crippen molar-refractivity contribution >= 4 is 8.07 Å². The number of nitrogens with zero attached hydrogens (tertiary/aromatic N) is 3. The summed E-state index contributed by atoms with van der Waals surface area (Å²) >= 11 is 0. The minimum atomic E-state index is 0.306. The molecule has 0 aromatic carbocycles.